The number of rotatable bonds is 33. The summed E-state index contributed by atoms with van der Waals surface area (Å²) in [7, 11) is 0. The van der Waals surface area contributed by atoms with E-state index in [-0.39, 0.29) is 12.7 Å². The summed E-state index contributed by atoms with van der Waals surface area (Å²) >= 11 is 0. The Kier molecular flexibility index (Phi) is 29.7. The summed E-state index contributed by atoms with van der Waals surface area (Å²) in [6.45, 7) is 24.3. The van der Waals surface area contributed by atoms with E-state index in [1.165, 1.54) is 116 Å². The van der Waals surface area contributed by atoms with Crippen LogP contribution in [0.2, 0.25) is 0 Å². The minimum atomic E-state index is -0.769. The van der Waals surface area contributed by atoms with Gasteiger partial charge in [-0.25, -0.2) is 0 Å². The van der Waals surface area contributed by atoms with Gasteiger partial charge in [-0.05, 0) is 66.6 Å². The molecule has 3 heteroatoms. The van der Waals surface area contributed by atoms with Crippen LogP contribution >= 0.6 is 0 Å². The van der Waals surface area contributed by atoms with E-state index in [1.54, 1.807) is 0 Å². The molecule has 0 saturated carbocycles. The van der Waals surface area contributed by atoms with Crippen molar-refractivity contribution < 1.29 is 14.9 Å². The Morgan fingerprint density at radius 1 is 0.370 bits per heavy atom. The predicted molar refractivity (Wildman–Crippen MR) is 204 cm³/mol. The quantitative estimate of drug-likeness (QED) is 0.0741. The van der Waals surface area contributed by atoms with Crippen molar-refractivity contribution in [3.8, 4) is 0 Å². The van der Waals surface area contributed by atoms with Crippen molar-refractivity contribution in [2.75, 3.05) is 13.2 Å². The summed E-state index contributed by atoms with van der Waals surface area (Å²) in [6.07, 6.45) is 26.4. The Bertz CT molecular complexity index is 634. The number of hydrogen-bond donors (Lipinski definition) is 2. The Morgan fingerprint density at radius 2 is 0.652 bits per heavy atom. The van der Waals surface area contributed by atoms with Crippen LogP contribution in [-0.2, 0) is 4.74 Å². The second-order valence-corrected chi connectivity index (χ2v) is 17.5. The van der Waals surface area contributed by atoms with Crippen molar-refractivity contribution in [1.82, 2.24) is 0 Å². The second-order valence-electron chi connectivity index (χ2n) is 17.5. The molecule has 0 aromatic rings. The molecular formula is C43H88O3. The molecule has 2 N–H and O–H groups in total. The molecule has 8 unspecified atom stereocenters. The van der Waals surface area contributed by atoms with Crippen LogP contribution < -0.4 is 0 Å². The molecule has 8 atom stereocenters. The molecule has 0 aromatic carbocycles. The van der Waals surface area contributed by atoms with Gasteiger partial charge in [0, 0.05) is 6.61 Å². The van der Waals surface area contributed by atoms with Gasteiger partial charge >= 0.3 is 0 Å². The Balaban J connectivity index is 4.05. The molecule has 0 fully saturated rings. The molecule has 0 rings (SSSR count). The fourth-order valence-corrected chi connectivity index (χ4v) is 7.25. The third kappa shape index (κ3) is 28.9. The van der Waals surface area contributed by atoms with E-state index in [9.17, 15) is 10.2 Å². The fraction of sp³-hybridized carbons (Fsp3) is 1.00. The molecule has 0 aliphatic carbocycles. The van der Waals surface area contributed by atoms with Crippen molar-refractivity contribution in [3.63, 3.8) is 0 Å². The van der Waals surface area contributed by atoms with E-state index in [0.717, 1.165) is 54.8 Å². The summed E-state index contributed by atoms with van der Waals surface area (Å²) in [5, 5.41) is 20.1. The van der Waals surface area contributed by atoms with Crippen LogP contribution in [0.1, 0.15) is 204 Å². The molecule has 0 aromatic heterocycles. The Hall–Kier alpha value is -0.120. The van der Waals surface area contributed by atoms with Gasteiger partial charge in [-0.1, -0.05) is 185 Å². The molecule has 0 aliphatic heterocycles. The third-order valence-corrected chi connectivity index (χ3v) is 11.0. The van der Waals surface area contributed by atoms with Gasteiger partial charge in [0.15, 0.2) is 0 Å². The number of aliphatic hydroxyl groups is 2. The molecule has 0 spiro atoms. The number of aliphatic hydroxyl groups excluding tert-OH is 2. The zero-order valence-corrected chi connectivity index (χ0v) is 33.3. The molecular weight excluding hydrogens is 564 g/mol. The first-order valence-corrected chi connectivity index (χ1v) is 20.7. The largest absolute Gasteiger partial charge is 0.394 e. The van der Waals surface area contributed by atoms with E-state index in [0.29, 0.717) is 18.4 Å². The minimum absolute atomic E-state index is 0.211. The lowest BCUT2D eigenvalue weighted by Crippen LogP contribution is -2.33. The van der Waals surface area contributed by atoms with Crippen LogP contribution in [0.5, 0.6) is 0 Å². The van der Waals surface area contributed by atoms with Crippen molar-refractivity contribution in [2.24, 2.45) is 47.3 Å². The van der Waals surface area contributed by atoms with Crippen molar-refractivity contribution >= 4 is 0 Å². The summed E-state index contributed by atoms with van der Waals surface area (Å²) in [6, 6.07) is 0. The topological polar surface area (TPSA) is 49.7 Å². The molecule has 0 heterocycles. The lowest BCUT2D eigenvalue weighted by molar-refractivity contribution is -0.0660. The van der Waals surface area contributed by atoms with Gasteiger partial charge in [0.1, 0.15) is 6.10 Å². The van der Waals surface area contributed by atoms with Crippen molar-refractivity contribution in [3.05, 3.63) is 0 Å². The van der Waals surface area contributed by atoms with Crippen LogP contribution in [0.25, 0.3) is 0 Å². The van der Waals surface area contributed by atoms with Crippen molar-refractivity contribution in [1.29, 1.82) is 0 Å². The lowest BCUT2D eigenvalue weighted by atomic mass is 9.90. The molecule has 0 radical (unpaired) electrons. The normalized spacial score (nSPS) is 17.6. The number of hydrogen-bond acceptors (Lipinski definition) is 3. The first-order valence-electron chi connectivity index (χ1n) is 20.7. The monoisotopic (exact) mass is 653 g/mol. The van der Waals surface area contributed by atoms with Gasteiger partial charge in [0.2, 0.25) is 0 Å². The molecule has 46 heavy (non-hydrogen) atoms. The van der Waals surface area contributed by atoms with Gasteiger partial charge in [0.05, 0.1) is 12.7 Å². The van der Waals surface area contributed by atoms with E-state index in [4.69, 9.17) is 4.74 Å². The second kappa shape index (κ2) is 29.8. The standard InChI is InChI=1S/C43H88O3/c1-34(2)17-11-19-36(5)21-13-23-38(7)25-15-27-40(9)29-30-43(42(45)33-44)46-32-31-41(10)28-16-26-39(8)24-14-22-37(6)20-12-18-35(3)4/h34-45H,11-33H2,1-10H3. The van der Waals surface area contributed by atoms with Gasteiger partial charge in [-0.3, -0.25) is 0 Å². The van der Waals surface area contributed by atoms with E-state index in [2.05, 4.69) is 69.2 Å². The zero-order valence-electron chi connectivity index (χ0n) is 33.3. The average Bonchev–Trinajstić information content (AvgIpc) is 2.98. The average molecular weight is 653 g/mol. The number of ether oxygens (including phenoxy) is 1. The van der Waals surface area contributed by atoms with Crippen LogP contribution in [-0.4, -0.2) is 35.6 Å². The highest BCUT2D eigenvalue weighted by atomic mass is 16.5. The highest BCUT2D eigenvalue weighted by molar-refractivity contribution is 4.71. The Morgan fingerprint density at radius 3 is 0.957 bits per heavy atom. The lowest BCUT2D eigenvalue weighted by Gasteiger charge is -2.24. The van der Waals surface area contributed by atoms with Crippen LogP contribution in [0, 0.1) is 47.3 Å². The third-order valence-electron chi connectivity index (χ3n) is 11.0. The van der Waals surface area contributed by atoms with E-state index < -0.39 is 6.10 Å². The SMILES string of the molecule is CC(C)CCCC(C)CCCC(C)CCCC(C)CCOC(CCC(C)CCCC(C)CCCC(C)CCCC(C)C)C(O)CO. The van der Waals surface area contributed by atoms with Crippen molar-refractivity contribution in [2.45, 2.75) is 216 Å². The van der Waals surface area contributed by atoms with Gasteiger partial charge in [-0.2, -0.15) is 0 Å². The molecule has 3 nitrogen and oxygen atoms in total. The van der Waals surface area contributed by atoms with Crippen LogP contribution in [0.15, 0.2) is 0 Å². The molecule has 0 saturated heterocycles. The van der Waals surface area contributed by atoms with Gasteiger partial charge < -0.3 is 14.9 Å². The highest BCUT2D eigenvalue weighted by Crippen LogP contribution is 2.25. The molecule has 0 bridgehead atoms. The molecule has 278 valence electrons. The van der Waals surface area contributed by atoms with E-state index in [1.807, 2.05) is 0 Å². The van der Waals surface area contributed by atoms with E-state index >= 15 is 0 Å². The first-order chi connectivity index (χ1) is 21.8. The van der Waals surface area contributed by atoms with Gasteiger partial charge in [0.25, 0.3) is 0 Å². The zero-order chi connectivity index (χ0) is 34.7. The molecule has 0 aliphatic rings. The highest BCUT2D eigenvalue weighted by Gasteiger charge is 2.21. The maximum Gasteiger partial charge on any atom is 0.103 e. The summed E-state index contributed by atoms with van der Waals surface area (Å²) < 4.78 is 6.19. The summed E-state index contributed by atoms with van der Waals surface area (Å²) in [4.78, 5) is 0. The summed E-state index contributed by atoms with van der Waals surface area (Å²) in [5.74, 6) is 6.39. The minimum Gasteiger partial charge on any atom is -0.394 e. The Labute approximate surface area is 291 Å². The maximum atomic E-state index is 10.4. The first kappa shape index (κ1) is 45.9. The van der Waals surface area contributed by atoms with Crippen LogP contribution in [0.3, 0.4) is 0 Å². The van der Waals surface area contributed by atoms with Gasteiger partial charge in [-0.15, -0.1) is 0 Å². The summed E-state index contributed by atoms with van der Waals surface area (Å²) in [5.41, 5.74) is 0. The maximum absolute atomic E-state index is 10.4. The fourth-order valence-electron chi connectivity index (χ4n) is 7.25. The smallest absolute Gasteiger partial charge is 0.103 e. The molecule has 0 amide bonds. The predicted octanol–water partition coefficient (Wildman–Crippen LogP) is 13.0. The van der Waals surface area contributed by atoms with Crippen LogP contribution in [0.4, 0.5) is 0 Å².